The van der Waals surface area contributed by atoms with Crippen molar-refractivity contribution in [2.24, 2.45) is 0 Å². The third-order valence-corrected chi connectivity index (χ3v) is 0.756. The molecule has 0 aliphatic carbocycles. The van der Waals surface area contributed by atoms with Gasteiger partial charge in [-0.1, -0.05) is 18.2 Å². The van der Waals surface area contributed by atoms with Crippen LogP contribution in [0.4, 0.5) is 0 Å². The Labute approximate surface area is 75.4 Å². The zero-order valence-corrected chi connectivity index (χ0v) is 8.08. The second kappa shape index (κ2) is 6.18. The van der Waals surface area contributed by atoms with Crippen molar-refractivity contribution in [2.75, 3.05) is 0 Å². The maximum absolute atomic E-state index is 8.63. The summed E-state index contributed by atoms with van der Waals surface area (Å²) < 4.78 is 0. The van der Waals surface area contributed by atoms with Gasteiger partial charge in [-0.2, -0.15) is 0 Å². The van der Waals surface area contributed by atoms with Gasteiger partial charge in [-0.15, -0.1) is 0 Å². The monoisotopic (exact) mass is 254 g/mol. The molecule has 1 aromatic rings. The Bertz CT molecular complexity index is 141. The minimum atomic E-state index is 0. The summed E-state index contributed by atoms with van der Waals surface area (Å²) in [4.78, 5) is 0. The van der Waals surface area contributed by atoms with E-state index in [4.69, 9.17) is 5.11 Å². The molecule has 1 aromatic carbocycles. The van der Waals surface area contributed by atoms with E-state index in [0.717, 1.165) is 0 Å². The molecule has 0 bridgehead atoms. The fourth-order valence-corrected chi connectivity index (χ4v) is 0.428. The summed E-state index contributed by atoms with van der Waals surface area (Å²) in [6.45, 7) is 0. The molecule has 0 spiro atoms. The van der Waals surface area contributed by atoms with E-state index in [2.05, 4.69) is 0 Å². The molecule has 0 fully saturated rings. The molecule has 0 aromatic heterocycles. The van der Waals surface area contributed by atoms with Crippen LogP contribution in [0.1, 0.15) is 0 Å². The van der Waals surface area contributed by atoms with Crippen LogP contribution in [0, 0.1) is 0 Å². The predicted molar refractivity (Wildman–Crippen MR) is 39.6 cm³/mol. The average Bonchev–Trinajstić information content (AvgIpc) is 1.69. The predicted octanol–water partition coefficient (Wildman–Crippen LogP) is 0.631. The Balaban J connectivity index is 0. The minimum absolute atomic E-state index is 0. The molecule has 1 rings (SSSR count). The van der Waals surface area contributed by atoms with Crippen LogP contribution in [0.5, 0.6) is 5.75 Å². The van der Waals surface area contributed by atoms with Gasteiger partial charge in [0, 0.05) is 34.1 Å². The zero-order valence-electron chi connectivity index (χ0n) is 4.65. The summed E-state index contributed by atoms with van der Waals surface area (Å²) >= 11 is 0. The largest absolute Gasteiger partial charge is 0.508 e. The summed E-state index contributed by atoms with van der Waals surface area (Å²) in [5, 5.41) is 8.63. The van der Waals surface area contributed by atoms with Crippen LogP contribution in [0.3, 0.4) is 0 Å². The van der Waals surface area contributed by atoms with Crippen LogP contribution in [-0.2, 0) is 0 Å². The van der Waals surface area contributed by atoms with Crippen molar-refractivity contribution in [1.82, 2.24) is 0 Å². The van der Waals surface area contributed by atoms with Crippen molar-refractivity contribution in [2.45, 2.75) is 0 Å². The van der Waals surface area contributed by atoms with E-state index >= 15 is 0 Å². The van der Waals surface area contributed by atoms with E-state index in [-0.39, 0.29) is 34.1 Å². The number of phenolic OH excluding ortho intramolecular Hbond substituents is 1. The van der Waals surface area contributed by atoms with E-state index in [1.54, 1.807) is 24.3 Å². The summed E-state index contributed by atoms with van der Waals surface area (Å²) in [6, 6.07) is 8.71. The van der Waals surface area contributed by atoms with Crippen molar-refractivity contribution >= 4 is 34.1 Å². The summed E-state index contributed by atoms with van der Waals surface area (Å²) in [5.74, 6) is 0.322. The van der Waals surface area contributed by atoms with Gasteiger partial charge >= 0.3 is 0 Å². The van der Waals surface area contributed by atoms with Crippen LogP contribution in [0.15, 0.2) is 30.3 Å². The Morgan fingerprint density at radius 3 is 1.56 bits per heavy atom. The summed E-state index contributed by atoms with van der Waals surface area (Å²) in [7, 11) is 0. The van der Waals surface area contributed by atoms with E-state index in [1.807, 2.05) is 6.07 Å². The van der Waals surface area contributed by atoms with Gasteiger partial charge in [-0.05, 0) is 12.1 Å². The Hall–Kier alpha value is 0.0590. The van der Waals surface area contributed by atoms with Crippen molar-refractivity contribution in [3.05, 3.63) is 30.3 Å². The second-order valence-electron chi connectivity index (χ2n) is 1.34. The molecule has 0 unspecified atom stereocenters. The molecule has 0 atom stereocenters. The van der Waals surface area contributed by atoms with Crippen molar-refractivity contribution in [3.8, 4) is 5.75 Å². The third-order valence-electron chi connectivity index (χ3n) is 0.756. The van der Waals surface area contributed by atoms with Gasteiger partial charge in [0.1, 0.15) is 5.75 Å². The zero-order chi connectivity index (χ0) is 5.11. The SMILES string of the molecule is Oc1ccccc1.[Se].[Se]. The van der Waals surface area contributed by atoms with Gasteiger partial charge in [0.25, 0.3) is 0 Å². The first kappa shape index (κ1) is 11.8. The fourth-order valence-electron chi connectivity index (χ4n) is 0.428. The molecule has 0 heterocycles. The Morgan fingerprint density at radius 2 is 1.33 bits per heavy atom. The molecular formula is C6H6OSe2. The summed E-state index contributed by atoms with van der Waals surface area (Å²) in [6.07, 6.45) is 0. The molecule has 4 radical (unpaired) electrons. The first-order valence-corrected chi connectivity index (χ1v) is 2.13. The van der Waals surface area contributed by atoms with Crippen LogP contribution in [-0.4, -0.2) is 39.2 Å². The Kier molecular flexibility index (Phi) is 8.11. The van der Waals surface area contributed by atoms with Crippen LogP contribution in [0.2, 0.25) is 0 Å². The molecule has 0 saturated carbocycles. The molecule has 1 N–H and O–H groups in total. The number of benzene rings is 1. The molecule has 0 amide bonds. The molecule has 1 nitrogen and oxygen atoms in total. The van der Waals surface area contributed by atoms with Crippen molar-refractivity contribution < 1.29 is 5.11 Å². The number of hydrogen-bond acceptors (Lipinski definition) is 1. The number of aromatic hydroxyl groups is 1. The first-order valence-electron chi connectivity index (χ1n) is 2.13. The minimum Gasteiger partial charge on any atom is -0.508 e. The van der Waals surface area contributed by atoms with E-state index in [1.165, 1.54) is 0 Å². The van der Waals surface area contributed by atoms with Crippen LogP contribution >= 0.6 is 0 Å². The maximum atomic E-state index is 8.63. The molecule has 3 heteroatoms. The van der Waals surface area contributed by atoms with Gasteiger partial charge in [0.05, 0.1) is 0 Å². The van der Waals surface area contributed by atoms with Gasteiger partial charge in [0.2, 0.25) is 0 Å². The quantitative estimate of drug-likeness (QED) is 0.671. The number of phenols is 1. The molecule has 48 valence electrons. The molecule has 9 heavy (non-hydrogen) atoms. The average molecular weight is 252 g/mol. The topological polar surface area (TPSA) is 20.2 Å². The van der Waals surface area contributed by atoms with E-state index in [9.17, 15) is 0 Å². The van der Waals surface area contributed by atoms with Crippen LogP contribution in [0.25, 0.3) is 0 Å². The molecular weight excluding hydrogens is 246 g/mol. The van der Waals surface area contributed by atoms with Crippen molar-refractivity contribution in [1.29, 1.82) is 0 Å². The molecule has 0 aliphatic heterocycles. The summed E-state index contributed by atoms with van der Waals surface area (Å²) in [5.41, 5.74) is 0. The Morgan fingerprint density at radius 1 is 0.889 bits per heavy atom. The fraction of sp³-hybridized carbons (Fsp3) is 0. The number of para-hydroxylation sites is 1. The molecule has 0 saturated heterocycles. The number of hydrogen-bond donors (Lipinski definition) is 1. The van der Waals surface area contributed by atoms with Gasteiger partial charge in [-0.3, -0.25) is 0 Å². The standard InChI is InChI=1S/C6H6O.2Se/c7-6-4-2-1-3-5-6;;/h1-5,7H;;. The normalized spacial score (nSPS) is 6.67. The smallest absolute Gasteiger partial charge is 0.115 e. The van der Waals surface area contributed by atoms with Gasteiger partial charge in [0.15, 0.2) is 0 Å². The number of rotatable bonds is 0. The van der Waals surface area contributed by atoms with Gasteiger partial charge < -0.3 is 5.11 Å². The third kappa shape index (κ3) is 4.56. The van der Waals surface area contributed by atoms with E-state index in [0.29, 0.717) is 5.75 Å². The second-order valence-corrected chi connectivity index (χ2v) is 1.34. The first-order chi connectivity index (χ1) is 3.39. The van der Waals surface area contributed by atoms with Gasteiger partial charge in [-0.25, -0.2) is 0 Å². The van der Waals surface area contributed by atoms with Crippen LogP contribution < -0.4 is 0 Å². The molecule has 0 aliphatic rings. The van der Waals surface area contributed by atoms with E-state index < -0.39 is 0 Å². The van der Waals surface area contributed by atoms with Crippen molar-refractivity contribution in [3.63, 3.8) is 0 Å². The maximum Gasteiger partial charge on any atom is 0.115 e.